The maximum atomic E-state index is 12.2. The molecule has 1 aromatic carbocycles. The van der Waals surface area contributed by atoms with Gasteiger partial charge in [-0.25, -0.2) is 13.4 Å². The Morgan fingerprint density at radius 3 is 2.84 bits per heavy atom. The molecule has 0 spiro atoms. The molecule has 1 unspecified atom stereocenters. The van der Waals surface area contributed by atoms with Gasteiger partial charge in [0.1, 0.15) is 0 Å². The molecule has 1 aliphatic carbocycles. The van der Waals surface area contributed by atoms with E-state index in [1.165, 1.54) is 4.88 Å². The third-order valence-corrected chi connectivity index (χ3v) is 7.20. The van der Waals surface area contributed by atoms with Crippen molar-refractivity contribution >= 4 is 32.2 Å². The summed E-state index contributed by atoms with van der Waals surface area (Å²) in [5, 5.41) is 3.45. The van der Waals surface area contributed by atoms with E-state index < -0.39 is 9.84 Å². The number of benzene rings is 1. The van der Waals surface area contributed by atoms with Gasteiger partial charge in [-0.15, -0.1) is 11.3 Å². The monoisotopic (exact) mass is 378 g/mol. The number of nitrogens with one attached hydrogen (secondary N) is 1. The normalized spacial score (nSPS) is 17.1. The molecule has 0 fully saturated rings. The maximum absolute atomic E-state index is 12.2. The Hall–Kier alpha value is -1.73. The SMILES string of the molecule is CC1CCc2nc(NC(=O)CCCS(=O)(=O)c3ccccc3)sc2C1. The predicted molar refractivity (Wildman–Crippen MR) is 99.7 cm³/mol. The van der Waals surface area contributed by atoms with E-state index in [1.807, 2.05) is 0 Å². The fraction of sp³-hybridized carbons (Fsp3) is 0.444. The minimum absolute atomic E-state index is 0.0314. The van der Waals surface area contributed by atoms with Crippen molar-refractivity contribution in [3.63, 3.8) is 0 Å². The number of rotatable bonds is 6. The highest BCUT2D eigenvalue weighted by molar-refractivity contribution is 7.91. The Morgan fingerprint density at radius 2 is 2.08 bits per heavy atom. The molecule has 7 heteroatoms. The van der Waals surface area contributed by atoms with Gasteiger partial charge in [-0.2, -0.15) is 0 Å². The van der Waals surface area contributed by atoms with Gasteiger partial charge in [-0.05, 0) is 43.7 Å². The predicted octanol–water partition coefficient (Wildman–Crippen LogP) is 3.46. The average Bonchev–Trinajstić information content (AvgIpc) is 2.96. The number of carbonyl (C=O) groups excluding carboxylic acids is 1. The summed E-state index contributed by atoms with van der Waals surface area (Å²) in [5.41, 5.74) is 1.10. The first kappa shape index (κ1) is 18.1. The molecular weight excluding hydrogens is 356 g/mol. The lowest BCUT2D eigenvalue weighted by atomic mass is 9.93. The number of fused-ring (bicyclic) bond motifs is 1. The molecule has 1 heterocycles. The lowest BCUT2D eigenvalue weighted by molar-refractivity contribution is -0.116. The Kier molecular flexibility index (Phi) is 5.54. The van der Waals surface area contributed by atoms with Crippen LogP contribution in [0.15, 0.2) is 35.2 Å². The summed E-state index contributed by atoms with van der Waals surface area (Å²) < 4.78 is 24.4. The second-order valence-corrected chi connectivity index (χ2v) is 9.71. The van der Waals surface area contributed by atoms with Crippen molar-refractivity contribution in [3.05, 3.63) is 40.9 Å². The highest BCUT2D eigenvalue weighted by atomic mass is 32.2. The third kappa shape index (κ3) is 4.67. The minimum Gasteiger partial charge on any atom is -0.302 e. The van der Waals surface area contributed by atoms with Crippen LogP contribution >= 0.6 is 11.3 Å². The molecule has 0 saturated heterocycles. The fourth-order valence-corrected chi connectivity index (χ4v) is 5.46. The van der Waals surface area contributed by atoms with E-state index in [1.54, 1.807) is 41.7 Å². The summed E-state index contributed by atoms with van der Waals surface area (Å²) in [6.45, 7) is 2.23. The number of sulfone groups is 1. The van der Waals surface area contributed by atoms with Crippen molar-refractivity contribution in [2.24, 2.45) is 5.92 Å². The molecule has 5 nitrogen and oxygen atoms in total. The molecule has 134 valence electrons. The van der Waals surface area contributed by atoms with Gasteiger partial charge in [0.05, 0.1) is 16.3 Å². The largest absolute Gasteiger partial charge is 0.302 e. The van der Waals surface area contributed by atoms with Gasteiger partial charge in [0.25, 0.3) is 0 Å². The Morgan fingerprint density at radius 1 is 1.32 bits per heavy atom. The van der Waals surface area contributed by atoms with E-state index in [2.05, 4.69) is 17.2 Å². The summed E-state index contributed by atoms with van der Waals surface area (Å²) >= 11 is 1.54. The summed E-state index contributed by atoms with van der Waals surface area (Å²) in [6, 6.07) is 8.34. The number of amides is 1. The number of thiazole rings is 1. The van der Waals surface area contributed by atoms with Gasteiger partial charge in [0.15, 0.2) is 15.0 Å². The minimum atomic E-state index is -3.33. The summed E-state index contributed by atoms with van der Waals surface area (Å²) in [5.74, 6) is 0.457. The quantitative estimate of drug-likeness (QED) is 0.835. The smallest absolute Gasteiger partial charge is 0.226 e. The van der Waals surface area contributed by atoms with Gasteiger partial charge in [-0.1, -0.05) is 25.1 Å². The zero-order valence-electron chi connectivity index (χ0n) is 14.2. The fourth-order valence-electron chi connectivity index (χ4n) is 2.94. The lowest BCUT2D eigenvalue weighted by Gasteiger charge is -2.15. The topological polar surface area (TPSA) is 76.1 Å². The van der Waals surface area contributed by atoms with E-state index in [4.69, 9.17) is 0 Å². The van der Waals surface area contributed by atoms with Crippen LogP contribution in [-0.4, -0.2) is 25.1 Å². The molecule has 25 heavy (non-hydrogen) atoms. The molecule has 0 aliphatic heterocycles. The van der Waals surface area contributed by atoms with Crippen molar-refractivity contribution < 1.29 is 13.2 Å². The molecule has 1 N–H and O–H groups in total. The molecule has 0 bridgehead atoms. The Balaban J connectivity index is 1.50. The average molecular weight is 379 g/mol. The lowest BCUT2D eigenvalue weighted by Crippen LogP contribution is -2.14. The van der Waals surface area contributed by atoms with Crippen molar-refractivity contribution in [3.8, 4) is 0 Å². The van der Waals surface area contributed by atoms with Crippen LogP contribution in [0.3, 0.4) is 0 Å². The van der Waals surface area contributed by atoms with Gasteiger partial charge in [0.2, 0.25) is 5.91 Å². The second-order valence-electron chi connectivity index (χ2n) is 6.52. The molecule has 0 saturated carbocycles. The van der Waals surface area contributed by atoms with Crippen LogP contribution in [0.25, 0.3) is 0 Å². The molecule has 0 radical (unpaired) electrons. The van der Waals surface area contributed by atoms with Gasteiger partial charge in [0, 0.05) is 11.3 Å². The van der Waals surface area contributed by atoms with Crippen molar-refractivity contribution in [1.82, 2.24) is 4.98 Å². The van der Waals surface area contributed by atoms with Crippen LogP contribution in [0.5, 0.6) is 0 Å². The Labute approximate surface area is 152 Å². The number of anilines is 1. The first-order valence-electron chi connectivity index (χ1n) is 8.50. The van der Waals surface area contributed by atoms with Crippen molar-refractivity contribution in [1.29, 1.82) is 0 Å². The zero-order chi connectivity index (χ0) is 17.9. The second kappa shape index (κ2) is 7.66. The third-order valence-electron chi connectivity index (χ3n) is 4.35. The molecule has 1 aromatic heterocycles. The van der Waals surface area contributed by atoms with Crippen LogP contribution in [0, 0.1) is 5.92 Å². The molecule has 1 aliphatic rings. The number of nitrogens with zero attached hydrogens (tertiary/aromatic N) is 1. The van der Waals surface area contributed by atoms with Crippen molar-refractivity contribution in [2.45, 2.75) is 43.9 Å². The number of aryl methyl sites for hydroxylation is 1. The van der Waals surface area contributed by atoms with E-state index in [0.29, 0.717) is 22.4 Å². The first-order valence-corrected chi connectivity index (χ1v) is 11.0. The molecule has 1 amide bonds. The van der Waals surface area contributed by atoms with Gasteiger partial charge in [-0.3, -0.25) is 4.79 Å². The molecule has 1 atom stereocenters. The first-order chi connectivity index (χ1) is 11.9. The highest BCUT2D eigenvalue weighted by Gasteiger charge is 2.20. The van der Waals surface area contributed by atoms with Gasteiger partial charge < -0.3 is 5.32 Å². The highest BCUT2D eigenvalue weighted by Crippen LogP contribution is 2.32. The number of hydrogen-bond donors (Lipinski definition) is 1. The van der Waals surface area contributed by atoms with Crippen LogP contribution in [0.4, 0.5) is 5.13 Å². The molecule has 3 rings (SSSR count). The molecular formula is C18H22N2O3S2. The summed E-state index contributed by atoms with van der Waals surface area (Å²) in [6.07, 6.45) is 3.61. The van der Waals surface area contributed by atoms with E-state index in [-0.39, 0.29) is 18.1 Å². The van der Waals surface area contributed by atoms with Crippen LogP contribution in [0.2, 0.25) is 0 Å². The van der Waals surface area contributed by atoms with Crippen LogP contribution in [0.1, 0.15) is 36.8 Å². The van der Waals surface area contributed by atoms with Crippen LogP contribution < -0.4 is 5.32 Å². The van der Waals surface area contributed by atoms with E-state index in [0.717, 1.165) is 25.0 Å². The maximum Gasteiger partial charge on any atom is 0.226 e. The van der Waals surface area contributed by atoms with Gasteiger partial charge >= 0.3 is 0 Å². The number of aromatic nitrogens is 1. The van der Waals surface area contributed by atoms with E-state index in [9.17, 15) is 13.2 Å². The Bertz CT molecular complexity index is 844. The zero-order valence-corrected chi connectivity index (χ0v) is 15.8. The van der Waals surface area contributed by atoms with Crippen LogP contribution in [-0.2, 0) is 27.5 Å². The number of hydrogen-bond acceptors (Lipinski definition) is 5. The number of carbonyl (C=O) groups is 1. The summed E-state index contributed by atoms with van der Waals surface area (Å²) in [7, 11) is -3.33. The molecule has 2 aromatic rings. The van der Waals surface area contributed by atoms with Crippen molar-refractivity contribution in [2.75, 3.05) is 11.1 Å². The standard InChI is InChI=1S/C18H22N2O3S2/c1-13-9-10-15-16(12-13)24-18(19-15)20-17(21)8-5-11-25(22,23)14-6-3-2-4-7-14/h2-4,6-7,13H,5,8-12H2,1H3,(H,19,20,21). The summed E-state index contributed by atoms with van der Waals surface area (Å²) in [4.78, 5) is 18.1. The van der Waals surface area contributed by atoms with E-state index >= 15 is 0 Å².